The molecule has 0 radical (unpaired) electrons. The van der Waals surface area contributed by atoms with Gasteiger partial charge in [-0.25, -0.2) is 0 Å². The van der Waals surface area contributed by atoms with Crippen molar-refractivity contribution in [3.8, 4) is 0 Å². The molecule has 1 unspecified atom stereocenters. The summed E-state index contributed by atoms with van der Waals surface area (Å²) < 4.78 is 0. The zero-order valence-electron chi connectivity index (χ0n) is 16.3. The summed E-state index contributed by atoms with van der Waals surface area (Å²) in [6.45, 7) is 7.26. The summed E-state index contributed by atoms with van der Waals surface area (Å²) in [7, 11) is -1.28. The molecule has 1 atom stereocenters. The molecule has 0 saturated carbocycles. The third kappa shape index (κ3) is 3.61. The van der Waals surface area contributed by atoms with E-state index in [9.17, 15) is 0 Å². The van der Waals surface area contributed by atoms with Crippen LogP contribution in [0.15, 0.2) is 113 Å². The highest BCUT2D eigenvalue weighted by atomic mass is 28.3. The lowest BCUT2D eigenvalue weighted by Gasteiger charge is -2.18. The summed E-state index contributed by atoms with van der Waals surface area (Å²) in [6, 6.07) is 21.5. The number of allylic oxidation sites excluding steroid dienone is 9. The minimum atomic E-state index is -1.28. The molecule has 4 rings (SSSR count). The van der Waals surface area contributed by atoms with Crippen LogP contribution in [-0.4, -0.2) is 8.07 Å². The van der Waals surface area contributed by atoms with Crippen LogP contribution in [-0.2, 0) is 0 Å². The topological polar surface area (TPSA) is 0 Å². The minimum absolute atomic E-state index is 0.374. The van der Waals surface area contributed by atoms with Gasteiger partial charge in [0.2, 0.25) is 0 Å². The molecule has 2 aliphatic carbocycles. The maximum atomic E-state index is 2.48. The fourth-order valence-electron chi connectivity index (χ4n) is 3.85. The van der Waals surface area contributed by atoms with Gasteiger partial charge in [0.25, 0.3) is 0 Å². The van der Waals surface area contributed by atoms with Crippen LogP contribution in [0.5, 0.6) is 0 Å². The molecule has 0 saturated heterocycles. The second-order valence-electron chi connectivity index (χ2n) is 8.26. The Kier molecular flexibility index (Phi) is 4.71. The summed E-state index contributed by atoms with van der Waals surface area (Å²) in [6.07, 6.45) is 14.0. The number of hydrogen-bond acceptors (Lipinski definition) is 0. The summed E-state index contributed by atoms with van der Waals surface area (Å²) in [5, 5.41) is 1.56. The average molecular weight is 367 g/mol. The number of hydrogen-bond donors (Lipinski definition) is 0. The van der Waals surface area contributed by atoms with Crippen LogP contribution in [0.25, 0.3) is 5.57 Å². The molecular weight excluding hydrogens is 340 g/mol. The Morgan fingerprint density at radius 3 is 1.89 bits per heavy atom. The van der Waals surface area contributed by atoms with Gasteiger partial charge in [-0.05, 0) is 27.8 Å². The van der Waals surface area contributed by atoms with Crippen molar-refractivity contribution in [1.82, 2.24) is 0 Å². The first-order valence-corrected chi connectivity index (χ1v) is 13.2. The van der Waals surface area contributed by atoms with Crippen molar-refractivity contribution in [3.05, 3.63) is 125 Å². The predicted octanol–water partition coefficient (Wildman–Crippen LogP) is 6.97. The largest absolute Gasteiger partial charge is 0.0772 e. The molecule has 1 heteroatoms. The Balaban J connectivity index is 1.83. The SMILES string of the molecule is C[Si](C)(C)C1=CC(C2=CC=CC2=C(c2ccccc2)c2ccccc2)C=C1. The molecule has 0 heterocycles. The van der Waals surface area contributed by atoms with E-state index < -0.39 is 8.07 Å². The lowest BCUT2D eigenvalue weighted by Crippen LogP contribution is -2.22. The minimum Gasteiger partial charge on any atom is -0.0740 e. The van der Waals surface area contributed by atoms with Crippen molar-refractivity contribution < 1.29 is 0 Å². The summed E-state index contributed by atoms with van der Waals surface area (Å²) in [5.41, 5.74) is 6.61. The number of rotatable bonds is 4. The number of benzene rings is 2. The van der Waals surface area contributed by atoms with Gasteiger partial charge in [0.15, 0.2) is 0 Å². The molecular formula is C26H26Si. The van der Waals surface area contributed by atoms with E-state index in [-0.39, 0.29) is 0 Å². The van der Waals surface area contributed by atoms with Crippen molar-refractivity contribution in [2.45, 2.75) is 19.6 Å². The Labute approximate surface area is 164 Å². The second-order valence-corrected chi connectivity index (χ2v) is 13.3. The molecule has 0 bridgehead atoms. The second kappa shape index (κ2) is 7.17. The van der Waals surface area contributed by atoms with E-state index in [0.717, 1.165) is 0 Å². The summed E-state index contributed by atoms with van der Waals surface area (Å²) >= 11 is 0. The molecule has 2 aromatic rings. The molecule has 134 valence electrons. The first kappa shape index (κ1) is 17.8. The maximum absolute atomic E-state index is 2.48. The molecule has 27 heavy (non-hydrogen) atoms. The fourth-order valence-corrected chi connectivity index (χ4v) is 5.12. The lowest BCUT2D eigenvalue weighted by atomic mass is 9.86. The summed E-state index contributed by atoms with van der Waals surface area (Å²) in [5.74, 6) is 0.374. The van der Waals surface area contributed by atoms with Crippen molar-refractivity contribution >= 4 is 13.6 Å². The first-order chi connectivity index (χ1) is 13.0. The van der Waals surface area contributed by atoms with E-state index in [1.165, 1.54) is 27.8 Å². The zero-order chi connectivity index (χ0) is 18.9. The third-order valence-corrected chi connectivity index (χ3v) is 7.38. The van der Waals surface area contributed by atoms with Crippen LogP contribution in [0.1, 0.15) is 11.1 Å². The van der Waals surface area contributed by atoms with Gasteiger partial charge >= 0.3 is 0 Å². The van der Waals surface area contributed by atoms with E-state index in [0.29, 0.717) is 5.92 Å². The van der Waals surface area contributed by atoms with Gasteiger partial charge in [0, 0.05) is 5.92 Å². The van der Waals surface area contributed by atoms with E-state index in [2.05, 4.69) is 117 Å². The Hall–Kier alpha value is -2.64. The van der Waals surface area contributed by atoms with E-state index >= 15 is 0 Å². The van der Waals surface area contributed by atoms with Crippen molar-refractivity contribution in [2.24, 2.45) is 5.92 Å². The molecule has 0 nitrogen and oxygen atoms in total. The highest BCUT2D eigenvalue weighted by Crippen LogP contribution is 2.40. The Morgan fingerprint density at radius 1 is 0.778 bits per heavy atom. The monoisotopic (exact) mass is 366 g/mol. The third-order valence-electron chi connectivity index (χ3n) is 5.31. The van der Waals surface area contributed by atoms with Crippen molar-refractivity contribution in [2.75, 3.05) is 0 Å². The highest BCUT2D eigenvalue weighted by Gasteiger charge is 2.26. The van der Waals surface area contributed by atoms with Gasteiger partial charge in [-0.15, -0.1) is 0 Å². The van der Waals surface area contributed by atoms with Gasteiger partial charge in [-0.1, -0.05) is 122 Å². The van der Waals surface area contributed by atoms with Crippen LogP contribution in [0.2, 0.25) is 19.6 Å². The van der Waals surface area contributed by atoms with Crippen LogP contribution in [0, 0.1) is 5.92 Å². The molecule has 0 spiro atoms. The molecule has 2 aliphatic rings. The Morgan fingerprint density at radius 2 is 1.37 bits per heavy atom. The fraction of sp³-hybridized carbons (Fsp3) is 0.154. The molecule has 0 N–H and O–H groups in total. The van der Waals surface area contributed by atoms with Crippen LogP contribution in [0.4, 0.5) is 0 Å². The first-order valence-electron chi connectivity index (χ1n) is 9.68. The van der Waals surface area contributed by atoms with Gasteiger partial charge in [-0.3, -0.25) is 0 Å². The van der Waals surface area contributed by atoms with Crippen LogP contribution >= 0.6 is 0 Å². The molecule has 0 fully saturated rings. The lowest BCUT2D eigenvalue weighted by molar-refractivity contribution is 1.01. The maximum Gasteiger partial charge on any atom is 0.0772 e. The standard InChI is InChI=1S/C26H26Si/c1-27(2,3)23-18-17-22(19-23)24-15-10-16-25(24)26(20-11-6-4-7-12-20)21-13-8-5-9-14-21/h4-19,22H,1-3H3. The van der Waals surface area contributed by atoms with Crippen molar-refractivity contribution in [1.29, 1.82) is 0 Å². The molecule has 0 amide bonds. The quantitative estimate of drug-likeness (QED) is 0.512. The van der Waals surface area contributed by atoms with Gasteiger partial charge in [0.05, 0.1) is 8.07 Å². The van der Waals surface area contributed by atoms with Crippen molar-refractivity contribution in [3.63, 3.8) is 0 Å². The average Bonchev–Trinajstić information content (AvgIpc) is 3.33. The van der Waals surface area contributed by atoms with Gasteiger partial charge in [0.1, 0.15) is 0 Å². The smallest absolute Gasteiger partial charge is 0.0740 e. The highest BCUT2D eigenvalue weighted by molar-refractivity contribution is 6.83. The normalized spacial score (nSPS) is 18.6. The predicted molar refractivity (Wildman–Crippen MR) is 120 cm³/mol. The van der Waals surface area contributed by atoms with Gasteiger partial charge in [-0.2, -0.15) is 0 Å². The zero-order valence-corrected chi connectivity index (χ0v) is 17.3. The van der Waals surface area contributed by atoms with E-state index in [1.54, 1.807) is 5.20 Å². The van der Waals surface area contributed by atoms with Crippen LogP contribution < -0.4 is 0 Å². The van der Waals surface area contributed by atoms with Crippen LogP contribution in [0.3, 0.4) is 0 Å². The Bertz CT molecular complexity index is 936. The molecule has 2 aromatic carbocycles. The molecule has 0 aromatic heterocycles. The van der Waals surface area contributed by atoms with Gasteiger partial charge < -0.3 is 0 Å². The van der Waals surface area contributed by atoms with E-state index in [1.807, 2.05) is 0 Å². The molecule has 0 aliphatic heterocycles. The summed E-state index contributed by atoms with van der Waals surface area (Å²) in [4.78, 5) is 0. The van der Waals surface area contributed by atoms with E-state index in [4.69, 9.17) is 0 Å².